The van der Waals surface area contributed by atoms with E-state index in [1.54, 1.807) is 12.1 Å². The van der Waals surface area contributed by atoms with Crippen molar-refractivity contribution in [2.45, 2.75) is 26.3 Å². The SMILES string of the molecule is Cc1ccc(N2C(=O)OCCC2C(=O)O)cc1C. The molecular weight excluding hydrogens is 234 g/mol. The molecule has 5 nitrogen and oxygen atoms in total. The first-order valence-corrected chi connectivity index (χ1v) is 5.77. The molecule has 0 aliphatic carbocycles. The number of nitrogens with zero attached hydrogens (tertiary/aromatic N) is 1. The Hall–Kier alpha value is -2.04. The lowest BCUT2D eigenvalue weighted by atomic mass is 10.1. The maximum Gasteiger partial charge on any atom is 0.415 e. The molecule has 1 saturated heterocycles. The molecule has 1 heterocycles. The zero-order valence-electron chi connectivity index (χ0n) is 10.3. The summed E-state index contributed by atoms with van der Waals surface area (Å²) in [5.41, 5.74) is 2.67. The number of carbonyl (C=O) groups is 2. The molecular formula is C13H15NO4. The van der Waals surface area contributed by atoms with Gasteiger partial charge in [0.05, 0.1) is 6.61 Å². The normalized spacial score (nSPS) is 19.6. The zero-order valence-corrected chi connectivity index (χ0v) is 10.3. The van der Waals surface area contributed by atoms with E-state index in [1.165, 1.54) is 4.90 Å². The Morgan fingerprint density at radius 3 is 2.72 bits per heavy atom. The second kappa shape index (κ2) is 4.68. The zero-order chi connectivity index (χ0) is 13.3. The molecule has 0 radical (unpaired) electrons. The monoisotopic (exact) mass is 249 g/mol. The van der Waals surface area contributed by atoms with Gasteiger partial charge in [-0.1, -0.05) is 6.07 Å². The van der Waals surface area contributed by atoms with Crippen molar-refractivity contribution >= 4 is 17.7 Å². The number of hydrogen-bond donors (Lipinski definition) is 1. The first-order valence-electron chi connectivity index (χ1n) is 5.77. The van der Waals surface area contributed by atoms with Gasteiger partial charge in [0.15, 0.2) is 0 Å². The minimum atomic E-state index is -1.01. The second-order valence-corrected chi connectivity index (χ2v) is 4.40. The van der Waals surface area contributed by atoms with Crippen molar-refractivity contribution < 1.29 is 19.4 Å². The van der Waals surface area contributed by atoms with Gasteiger partial charge in [-0.3, -0.25) is 4.90 Å². The van der Waals surface area contributed by atoms with E-state index in [0.29, 0.717) is 12.1 Å². The van der Waals surface area contributed by atoms with Gasteiger partial charge in [0.1, 0.15) is 6.04 Å². The molecule has 0 bridgehead atoms. The predicted molar refractivity (Wildman–Crippen MR) is 65.8 cm³/mol. The van der Waals surface area contributed by atoms with Crippen LogP contribution in [-0.2, 0) is 9.53 Å². The highest BCUT2D eigenvalue weighted by Crippen LogP contribution is 2.25. The number of hydrogen-bond acceptors (Lipinski definition) is 3. The van der Waals surface area contributed by atoms with Crippen molar-refractivity contribution in [1.29, 1.82) is 0 Å². The molecule has 18 heavy (non-hydrogen) atoms. The Morgan fingerprint density at radius 1 is 1.39 bits per heavy atom. The maximum absolute atomic E-state index is 11.7. The Balaban J connectivity index is 2.40. The lowest BCUT2D eigenvalue weighted by molar-refractivity contribution is -0.139. The van der Waals surface area contributed by atoms with Crippen LogP contribution in [0.25, 0.3) is 0 Å². The minimum absolute atomic E-state index is 0.150. The van der Waals surface area contributed by atoms with E-state index in [-0.39, 0.29) is 6.61 Å². The Kier molecular flexibility index (Phi) is 3.23. The van der Waals surface area contributed by atoms with E-state index >= 15 is 0 Å². The molecule has 1 aromatic rings. The average molecular weight is 249 g/mol. The van der Waals surface area contributed by atoms with Gasteiger partial charge in [-0.15, -0.1) is 0 Å². The van der Waals surface area contributed by atoms with Crippen LogP contribution in [0.4, 0.5) is 10.5 Å². The number of carboxylic acid groups (broad SMARTS) is 1. The van der Waals surface area contributed by atoms with Crippen molar-refractivity contribution in [2.75, 3.05) is 11.5 Å². The number of benzene rings is 1. The summed E-state index contributed by atoms with van der Waals surface area (Å²) in [5, 5.41) is 9.16. The van der Waals surface area contributed by atoms with Gasteiger partial charge in [-0.25, -0.2) is 9.59 Å². The number of rotatable bonds is 2. The van der Waals surface area contributed by atoms with Crippen molar-refractivity contribution in [3.05, 3.63) is 29.3 Å². The fourth-order valence-corrected chi connectivity index (χ4v) is 1.98. The quantitative estimate of drug-likeness (QED) is 0.871. The van der Waals surface area contributed by atoms with E-state index in [1.807, 2.05) is 19.9 Å². The molecule has 1 aliphatic rings. The largest absolute Gasteiger partial charge is 0.480 e. The Labute approximate surface area is 105 Å². The summed E-state index contributed by atoms with van der Waals surface area (Å²) in [4.78, 5) is 24.1. The highest BCUT2D eigenvalue weighted by atomic mass is 16.6. The number of cyclic esters (lactones) is 1. The molecule has 0 aromatic heterocycles. The van der Waals surface area contributed by atoms with Crippen LogP contribution in [0.5, 0.6) is 0 Å². The third kappa shape index (κ3) is 2.16. The van der Waals surface area contributed by atoms with Crippen LogP contribution in [0.2, 0.25) is 0 Å². The maximum atomic E-state index is 11.7. The number of amides is 1. The van der Waals surface area contributed by atoms with Crippen LogP contribution in [0.3, 0.4) is 0 Å². The van der Waals surface area contributed by atoms with Crippen molar-refractivity contribution in [3.63, 3.8) is 0 Å². The molecule has 5 heteroatoms. The molecule has 96 valence electrons. The first kappa shape index (κ1) is 12.4. The average Bonchev–Trinajstić information content (AvgIpc) is 2.32. The third-order valence-corrected chi connectivity index (χ3v) is 3.18. The number of anilines is 1. The van der Waals surface area contributed by atoms with Crippen LogP contribution in [0.1, 0.15) is 17.5 Å². The lowest BCUT2D eigenvalue weighted by Crippen LogP contribution is -2.50. The summed E-state index contributed by atoms with van der Waals surface area (Å²) >= 11 is 0. The Morgan fingerprint density at radius 2 is 2.11 bits per heavy atom. The van der Waals surface area contributed by atoms with Crippen molar-refractivity contribution in [2.24, 2.45) is 0 Å². The van der Waals surface area contributed by atoms with Gasteiger partial charge >= 0.3 is 12.1 Å². The molecule has 1 N–H and O–H groups in total. The number of ether oxygens (including phenoxy) is 1. The molecule has 0 spiro atoms. The van der Waals surface area contributed by atoms with E-state index in [2.05, 4.69) is 0 Å². The summed E-state index contributed by atoms with van der Waals surface area (Å²) in [6, 6.07) is 4.56. The number of aliphatic carboxylic acids is 1. The molecule has 1 fully saturated rings. The van der Waals surface area contributed by atoms with Crippen LogP contribution >= 0.6 is 0 Å². The summed E-state index contributed by atoms with van der Waals surface area (Å²) in [5.74, 6) is -1.01. The smallest absolute Gasteiger partial charge is 0.415 e. The summed E-state index contributed by atoms with van der Waals surface area (Å²) in [6.45, 7) is 4.03. The number of carbonyl (C=O) groups excluding carboxylic acids is 1. The van der Waals surface area contributed by atoms with Crippen LogP contribution in [0.15, 0.2) is 18.2 Å². The molecule has 1 aromatic carbocycles. The fraction of sp³-hybridized carbons (Fsp3) is 0.385. The van der Waals surface area contributed by atoms with Gasteiger partial charge in [-0.2, -0.15) is 0 Å². The predicted octanol–water partition coefficient (Wildman–Crippen LogP) is 2.10. The molecule has 1 atom stereocenters. The number of carboxylic acids is 1. The highest BCUT2D eigenvalue weighted by Gasteiger charge is 2.35. The van der Waals surface area contributed by atoms with E-state index in [4.69, 9.17) is 9.84 Å². The lowest BCUT2D eigenvalue weighted by Gasteiger charge is -2.32. The molecule has 1 unspecified atom stereocenters. The molecule has 1 amide bonds. The van der Waals surface area contributed by atoms with E-state index in [0.717, 1.165) is 11.1 Å². The summed E-state index contributed by atoms with van der Waals surface area (Å²) in [6.07, 6.45) is -0.300. The molecule has 0 saturated carbocycles. The standard InChI is InChI=1S/C13H15NO4/c1-8-3-4-10(7-9(8)2)14-11(12(15)16)5-6-18-13(14)17/h3-4,7,11H,5-6H2,1-2H3,(H,15,16). The van der Waals surface area contributed by atoms with Crippen LogP contribution in [-0.4, -0.2) is 29.8 Å². The molecule has 2 rings (SSSR count). The van der Waals surface area contributed by atoms with Crippen LogP contribution < -0.4 is 4.90 Å². The van der Waals surface area contributed by atoms with Gasteiger partial charge in [0, 0.05) is 12.1 Å². The minimum Gasteiger partial charge on any atom is -0.480 e. The van der Waals surface area contributed by atoms with E-state index < -0.39 is 18.1 Å². The van der Waals surface area contributed by atoms with Crippen LogP contribution in [0, 0.1) is 13.8 Å². The van der Waals surface area contributed by atoms with Crippen molar-refractivity contribution in [3.8, 4) is 0 Å². The van der Waals surface area contributed by atoms with Gasteiger partial charge < -0.3 is 9.84 Å². The summed E-state index contributed by atoms with van der Waals surface area (Å²) in [7, 11) is 0. The van der Waals surface area contributed by atoms with E-state index in [9.17, 15) is 9.59 Å². The molecule has 1 aliphatic heterocycles. The Bertz CT molecular complexity index is 498. The fourth-order valence-electron chi connectivity index (χ4n) is 1.98. The number of aryl methyl sites for hydroxylation is 2. The van der Waals surface area contributed by atoms with Gasteiger partial charge in [0.2, 0.25) is 0 Å². The summed E-state index contributed by atoms with van der Waals surface area (Å²) < 4.78 is 4.92. The highest BCUT2D eigenvalue weighted by molar-refractivity contribution is 5.96. The third-order valence-electron chi connectivity index (χ3n) is 3.18. The topological polar surface area (TPSA) is 66.8 Å². The van der Waals surface area contributed by atoms with Crippen molar-refractivity contribution in [1.82, 2.24) is 0 Å². The van der Waals surface area contributed by atoms with Gasteiger partial charge in [0.25, 0.3) is 0 Å². The second-order valence-electron chi connectivity index (χ2n) is 4.40. The van der Waals surface area contributed by atoms with Gasteiger partial charge in [-0.05, 0) is 37.1 Å². The first-order chi connectivity index (χ1) is 8.50.